The highest BCUT2D eigenvalue weighted by atomic mass is 35.5. The van der Waals surface area contributed by atoms with Crippen LogP contribution in [0.4, 0.5) is 11.4 Å². The summed E-state index contributed by atoms with van der Waals surface area (Å²) in [5.74, 6) is -1.02. The van der Waals surface area contributed by atoms with Crippen LogP contribution in [-0.4, -0.2) is 22.9 Å². The number of nitrogens with one attached hydrogen (secondary N) is 1. The van der Waals surface area contributed by atoms with E-state index in [-0.39, 0.29) is 28.3 Å². The van der Waals surface area contributed by atoms with Crippen LogP contribution in [0.3, 0.4) is 0 Å². The summed E-state index contributed by atoms with van der Waals surface area (Å²) >= 11 is 5.86. The molecule has 0 bridgehead atoms. The molecule has 1 aromatic rings. The summed E-state index contributed by atoms with van der Waals surface area (Å²) in [6, 6.07) is 3.69. The third kappa shape index (κ3) is 3.91. The van der Waals surface area contributed by atoms with Gasteiger partial charge in [0, 0.05) is 12.1 Å². The Kier molecular flexibility index (Phi) is 4.42. The van der Waals surface area contributed by atoms with Crippen LogP contribution in [0.25, 0.3) is 0 Å². The molecule has 1 N–H and O–H groups in total. The maximum Gasteiger partial charge on any atom is 0.309 e. The van der Waals surface area contributed by atoms with E-state index in [1.54, 1.807) is 0 Å². The second-order valence-corrected chi connectivity index (χ2v) is 5.17. The molecule has 0 radical (unpaired) electrons. The normalized spacial score (nSPS) is 15.1. The van der Waals surface area contributed by atoms with Crippen LogP contribution in [0.5, 0.6) is 0 Å². The standard InChI is InChI=1S/C13H13ClN2O5/c1-7(21-13(18)8-2-3-8)12(17)15-11-5-4-9(16(19)20)6-10(11)14/h4-8H,2-3H2,1H3,(H,15,17)/t7-/m0/s1. The van der Waals surface area contributed by atoms with Gasteiger partial charge in [0.05, 0.1) is 21.6 Å². The monoisotopic (exact) mass is 312 g/mol. The van der Waals surface area contributed by atoms with Crippen molar-refractivity contribution < 1.29 is 19.2 Å². The van der Waals surface area contributed by atoms with E-state index in [1.807, 2.05) is 0 Å². The molecule has 8 heteroatoms. The number of hydrogen-bond acceptors (Lipinski definition) is 5. The number of benzene rings is 1. The lowest BCUT2D eigenvalue weighted by Gasteiger charge is -2.14. The summed E-state index contributed by atoms with van der Waals surface area (Å²) < 4.78 is 5.01. The fourth-order valence-electron chi connectivity index (χ4n) is 1.60. The average Bonchev–Trinajstić information content (AvgIpc) is 3.24. The number of nitro groups is 1. The summed E-state index contributed by atoms with van der Waals surface area (Å²) in [6.45, 7) is 1.45. The van der Waals surface area contributed by atoms with Crippen LogP contribution in [0.1, 0.15) is 19.8 Å². The molecule has 0 unspecified atom stereocenters. The predicted octanol–water partition coefficient (Wildman–Crippen LogP) is 2.53. The highest BCUT2D eigenvalue weighted by molar-refractivity contribution is 6.34. The van der Waals surface area contributed by atoms with E-state index in [0.717, 1.165) is 18.9 Å². The Bertz CT molecular complexity index is 600. The summed E-state index contributed by atoms with van der Waals surface area (Å²) in [5, 5.41) is 13.1. The zero-order valence-corrected chi connectivity index (χ0v) is 11.9. The number of carbonyl (C=O) groups excluding carboxylic acids is 2. The van der Waals surface area contributed by atoms with Gasteiger partial charge in [0.15, 0.2) is 6.10 Å². The summed E-state index contributed by atoms with van der Waals surface area (Å²) in [7, 11) is 0. The second kappa shape index (κ2) is 6.09. The number of anilines is 1. The van der Waals surface area contributed by atoms with Gasteiger partial charge in [-0.1, -0.05) is 11.6 Å². The van der Waals surface area contributed by atoms with Crippen molar-refractivity contribution in [2.24, 2.45) is 5.92 Å². The van der Waals surface area contributed by atoms with Gasteiger partial charge in [-0.05, 0) is 25.8 Å². The summed E-state index contributed by atoms with van der Waals surface area (Å²) in [6.07, 6.45) is 0.632. The molecular weight excluding hydrogens is 300 g/mol. The first-order valence-electron chi connectivity index (χ1n) is 6.34. The number of rotatable bonds is 5. The molecule has 1 atom stereocenters. The van der Waals surface area contributed by atoms with Gasteiger partial charge < -0.3 is 10.1 Å². The number of hydrogen-bond donors (Lipinski definition) is 1. The van der Waals surface area contributed by atoms with Crippen LogP contribution < -0.4 is 5.32 Å². The Balaban J connectivity index is 1.98. The number of non-ortho nitro benzene ring substituents is 1. The fraction of sp³-hybridized carbons (Fsp3) is 0.385. The average molecular weight is 313 g/mol. The number of nitro benzene ring substituents is 1. The third-order valence-corrected chi connectivity index (χ3v) is 3.31. The molecule has 0 aliphatic heterocycles. The molecule has 7 nitrogen and oxygen atoms in total. The minimum Gasteiger partial charge on any atom is -0.452 e. The van der Waals surface area contributed by atoms with Gasteiger partial charge in [0.25, 0.3) is 11.6 Å². The molecule has 1 fully saturated rings. The molecule has 1 aromatic carbocycles. The van der Waals surface area contributed by atoms with Crippen molar-refractivity contribution in [3.8, 4) is 0 Å². The van der Waals surface area contributed by atoms with Crippen molar-refractivity contribution in [3.63, 3.8) is 0 Å². The van der Waals surface area contributed by atoms with E-state index in [4.69, 9.17) is 16.3 Å². The summed E-state index contributed by atoms with van der Waals surface area (Å²) in [4.78, 5) is 33.3. The van der Waals surface area contributed by atoms with Gasteiger partial charge in [-0.2, -0.15) is 0 Å². The summed E-state index contributed by atoms with van der Waals surface area (Å²) in [5.41, 5.74) is 0.0489. The first kappa shape index (κ1) is 15.2. The Morgan fingerprint density at radius 1 is 1.48 bits per heavy atom. The van der Waals surface area contributed by atoms with E-state index in [1.165, 1.54) is 19.1 Å². The van der Waals surface area contributed by atoms with Crippen molar-refractivity contribution in [3.05, 3.63) is 33.3 Å². The van der Waals surface area contributed by atoms with Gasteiger partial charge >= 0.3 is 5.97 Å². The molecule has 21 heavy (non-hydrogen) atoms. The molecule has 2 rings (SSSR count). The molecule has 112 valence electrons. The van der Waals surface area contributed by atoms with Crippen LogP contribution in [0.15, 0.2) is 18.2 Å². The third-order valence-electron chi connectivity index (χ3n) is 2.99. The van der Waals surface area contributed by atoms with Crippen molar-refractivity contribution in [1.82, 2.24) is 0 Å². The van der Waals surface area contributed by atoms with Crippen molar-refractivity contribution >= 4 is 34.9 Å². The highest BCUT2D eigenvalue weighted by Crippen LogP contribution is 2.31. The van der Waals surface area contributed by atoms with Gasteiger partial charge in [0.1, 0.15) is 0 Å². The van der Waals surface area contributed by atoms with E-state index in [9.17, 15) is 19.7 Å². The first-order chi connectivity index (χ1) is 9.88. The lowest BCUT2D eigenvalue weighted by molar-refractivity contribution is -0.384. The number of carbonyl (C=O) groups is 2. The van der Waals surface area contributed by atoms with Crippen molar-refractivity contribution in [2.45, 2.75) is 25.9 Å². The molecule has 0 aromatic heterocycles. The van der Waals surface area contributed by atoms with Gasteiger partial charge in [0.2, 0.25) is 0 Å². The van der Waals surface area contributed by atoms with Crippen molar-refractivity contribution in [1.29, 1.82) is 0 Å². The lowest BCUT2D eigenvalue weighted by atomic mass is 10.2. The minimum atomic E-state index is -0.954. The minimum absolute atomic E-state index is 0.0401. The number of halogens is 1. The van der Waals surface area contributed by atoms with Gasteiger partial charge in [-0.15, -0.1) is 0 Å². The van der Waals surface area contributed by atoms with E-state index in [2.05, 4.69) is 5.32 Å². The first-order valence-corrected chi connectivity index (χ1v) is 6.71. The molecule has 1 aliphatic carbocycles. The molecule has 1 aliphatic rings. The lowest BCUT2D eigenvalue weighted by Crippen LogP contribution is -2.30. The topological polar surface area (TPSA) is 98.5 Å². The molecular formula is C13H13ClN2O5. The largest absolute Gasteiger partial charge is 0.452 e. The van der Waals surface area contributed by atoms with Crippen LogP contribution in [0.2, 0.25) is 5.02 Å². The maximum absolute atomic E-state index is 11.9. The molecule has 0 saturated heterocycles. The number of esters is 1. The Labute approximate surface area is 125 Å². The Morgan fingerprint density at radius 3 is 2.67 bits per heavy atom. The molecule has 1 amide bonds. The zero-order chi connectivity index (χ0) is 15.6. The van der Waals surface area contributed by atoms with Crippen LogP contribution >= 0.6 is 11.6 Å². The Morgan fingerprint density at radius 2 is 2.14 bits per heavy atom. The van der Waals surface area contributed by atoms with Gasteiger partial charge in [-0.3, -0.25) is 19.7 Å². The van der Waals surface area contributed by atoms with Crippen LogP contribution in [-0.2, 0) is 14.3 Å². The maximum atomic E-state index is 11.9. The molecule has 0 spiro atoms. The smallest absolute Gasteiger partial charge is 0.309 e. The fourth-order valence-corrected chi connectivity index (χ4v) is 1.82. The van der Waals surface area contributed by atoms with Crippen molar-refractivity contribution in [2.75, 3.05) is 5.32 Å². The SMILES string of the molecule is C[C@H](OC(=O)C1CC1)C(=O)Nc1ccc([N+](=O)[O-])cc1Cl. The molecule has 1 saturated carbocycles. The number of amides is 1. The van der Waals surface area contributed by atoms with E-state index >= 15 is 0 Å². The predicted molar refractivity (Wildman–Crippen MR) is 75.0 cm³/mol. The number of nitrogens with zero attached hydrogens (tertiary/aromatic N) is 1. The van der Waals surface area contributed by atoms with Crippen LogP contribution in [0, 0.1) is 16.0 Å². The van der Waals surface area contributed by atoms with Gasteiger partial charge in [-0.25, -0.2) is 0 Å². The quantitative estimate of drug-likeness (QED) is 0.511. The number of ether oxygens (including phenoxy) is 1. The highest BCUT2D eigenvalue weighted by Gasteiger charge is 2.33. The Hall–Kier alpha value is -2.15. The van der Waals surface area contributed by atoms with E-state index in [0.29, 0.717) is 0 Å². The van der Waals surface area contributed by atoms with E-state index < -0.39 is 16.9 Å². The second-order valence-electron chi connectivity index (χ2n) is 4.76. The molecule has 0 heterocycles. The zero-order valence-electron chi connectivity index (χ0n) is 11.2.